The number of halogens is 1. The quantitative estimate of drug-likeness (QED) is 0.591. The zero-order valence-corrected chi connectivity index (χ0v) is 12.0. The van der Waals surface area contributed by atoms with E-state index in [-0.39, 0.29) is 0 Å². The van der Waals surface area contributed by atoms with Crippen LogP contribution in [0.25, 0.3) is 0 Å². The first-order chi connectivity index (χ1) is 7.74. The summed E-state index contributed by atoms with van der Waals surface area (Å²) >= 11 is 5.41. The van der Waals surface area contributed by atoms with Gasteiger partial charge in [0.2, 0.25) is 0 Å². The molecule has 16 heavy (non-hydrogen) atoms. The van der Waals surface area contributed by atoms with E-state index in [0.717, 1.165) is 22.4 Å². The number of thioether (sulfide) groups is 1. The Balaban J connectivity index is 2.21. The zero-order valence-electron chi connectivity index (χ0n) is 9.63. The van der Waals surface area contributed by atoms with E-state index in [1.165, 1.54) is 25.0 Å². The molecule has 0 saturated carbocycles. The lowest BCUT2D eigenvalue weighted by molar-refractivity contribution is 0.749. The number of unbranched alkanes of at least 4 members (excludes halogenated alkanes) is 2. The van der Waals surface area contributed by atoms with Crippen LogP contribution in [0.5, 0.6) is 0 Å². The number of nitrogens with one attached hydrogen (secondary N) is 1. The Morgan fingerprint density at radius 1 is 1.31 bits per heavy atom. The first kappa shape index (κ1) is 13.7. The smallest absolute Gasteiger partial charge is 0.0486 e. The Hall–Kier alpha value is -0.350. The molecule has 0 bridgehead atoms. The average Bonchev–Trinajstić information content (AvgIpc) is 2.26. The molecule has 0 atom stereocenters. The molecule has 0 heterocycles. The van der Waals surface area contributed by atoms with Crippen molar-refractivity contribution in [1.82, 2.24) is 0 Å². The molecule has 0 unspecified atom stereocenters. The molecular weight excluding hydrogens is 284 g/mol. The van der Waals surface area contributed by atoms with Gasteiger partial charge in [0.25, 0.3) is 0 Å². The minimum absolute atomic E-state index is 0.789. The molecule has 1 aromatic carbocycles. The van der Waals surface area contributed by atoms with Gasteiger partial charge in [-0.3, -0.25) is 0 Å². The molecule has 90 valence electrons. The Kier molecular flexibility index (Phi) is 6.73. The molecule has 0 amide bonds. The average molecular weight is 303 g/mol. The minimum atomic E-state index is 0.789. The van der Waals surface area contributed by atoms with Gasteiger partial charge in [0.1, 0.15) is 0 Å². The Morgan fingerprint density at radius 2 is 2.12 bits per heavy atom. The van der Waals surface area contributed by atoms with Gasteiger partial charge < -0.3 is 11.1 Å². The third-order valence-corrected chi connectivity index (χ3v) is 3.69. The van der Waals surface area contributed by atoms with Gasteiger partial charge >= 0.3 is 0 Å². The van der Waals surface area contributed by atoms with Crippen molar-refractivity contribution in [1.29, 1.82) is 0 Å². The van der Waals surface area contributed by atoms with Crippen LogP contribution in [-0.2, 0) is 0 Å². The van der Waals surface area contributed by atoms with Crippen molar-refractivity contribution in [3.8, 4) is 0 Å². The molecule has 4 heteroatoms. The lowest BCUT2D eigenvalue weighted by Gasteiger charge is -2.08. The molecule has 3 N–H and O–H groups in total. The fourth-order valence-electron chi connectivity index (χ4n) is 1.45. The summed E-state index contributed by atoms with van der Waals surface area (Å²) in [6.45, 7) is 1.02. The molecule has 0 saturated heterocycles. The Morgan fingerprint density at radius 3 is 2.81 bits per heavy atom. The monoisotopic (exact) mass is 302 g/mol. The van der Waals surface area contributed by atoms with Crippen molar-refractivity contribution in [2.45, 2.75) is 19.3 Å². The van der Waals surface area contributed by atoms with Crippen LogP contribution in [0, 0.1) is 0 Å². The SMILES string of the molecule is CSCCCCCNc1ccc(N)cc1Br. The molecular formula is C12H19BrN2S. The number of nitrogen functional groups attached to an aromatic ring is 1. The lowest BCUT2D eigenvalue weighted by Crippen LogP contribution is -2.02. The van der Waals surface area contributed by atoms with Crippen LogP contribution < -0.4 is 11.1 Å². The van der Waals surface area contributed by atoms with E-state index < -0.39 is 0 Å². The summed E-state index contributed by atoms with van der Waals surface area (Å²) in [6, 6.07) is 5.86. The highest BCUT2D eigenvalue weighted by molar-refractivity contribution is 9.10. The maximum atomic E-state index is 5.68. The summed E-state index contributed by atoms with van der Waals surface area (Å²) < 4.78 is 1.04. The fourth-order valence-corrected chi connectivity index (χ4v) is 2.48. The van der Waals surface area contributed by atoms with Gasteiger partial charge in [-0.05, 0) is 59.0 Å². The van der Waals surface area contributed by atoms with Crippen molar-refractivity contribution in [2.24, 2.45) is 0 Å². The van der Waals surface area contributed by atoms with Gasteiger partial charge in [-0.15, -0.1) is 0 Å². The van der Waals surface area contributed by atoms with Crippen LogP contribution in [0.3, 0.4) is 0 Å². The van der Waals surface area contributed by atoms with E-state index in [2.05, 4.69) is 27.5 Å². The summed E-state index contributed by atoms with van der Waals surface area (Å²) in [5.74, 6) is 1.27. The van der Waals surface area contributed by atoms with Gasteiger partial charge in [0.05, 0.1) is 0 Å². The summed E-state index contributed by atoms with van der Waals surface area (Å²) in [5, 5.41) is 3.41. The van der Waals surface area contributed by atoms with Crippen molar-refractivity contribution in [3.05, 3.63) is 22.7 Å². The summed E-state index contributed by atoms with van der Waals surface area (Å²) in [4.78, 5) is 0. The Bertz CT molecular complexity index is 318. The standard InChI is InChI=1S/C12H19BrN2S/c1-16-8-4-2-3-7-15-12-6-5-10(14)9-11(12)13/h5-6,9,15H,2-4,7-8,14H2,1H3. The number of nitrogens with two attached hydrogens (primary N) is 1. The van der Waals surface area contributed by atoms with Crippen LogP contribution in [0.4, 0.5) is 11.4 Å². The molecule has 0 fully saturated rings. The highest BCUT2D eigenvalue weighted by Gasteiger charge is 1.98. The van der Waals surface area contributed by atoms with Gasteiger partial charge in [-0.25, -0.2) is 0 Å². The predicted octanol–water partition coefficient (Wildman–Crippen LogP) is 3.98. The third kappa shape index (κ3) is 5.12. The predicted molar refractivity (Wildman–Crippen MR) is 79.3 cm³/mol. The van der Waals surface area contributed by atoms with E-state index >= 15 is 0 Å². The minimum Gasteiger partial charge on any atom is -0.399 e. The molecule has 1 rings (SSSR count). The molecule has 0 aliphatic carbocycles. The highest BCUT2D eigenvalue weighted by Crippen LogP contribution is 2.24. The van der Waals surface area contributed by atoms with Gasteiger partial charge in [0.15, 0.2) is 0 Å². The summed E-state index contributed by atoms with van der Waals surface area (Å²) in [7, 11) is 0. The van der Waals surface area contributed by atoms with Gasteiger partial charge in [-0.2, -0.15) is 11.8 Å². The van der Waals surface area contributed by atoms with Crippen molar-refractivity contribution < 1.29 is 0 Å². The highest BCUT2D eigenvalue weighted by atomic mass is 79.9. The molecule has 0 aromatic heterocycles. The van der Waals surface area contributed by atoms with Crippen LogP contribution in [0.2, 0.25) is 0 Å². The normalized spacial score (nSPS) is 10.4. The van der Waals surface area contributed by atoms with E-state index in [9.17, 15) is 0 Å². The number of benzene rings is 1. The number of hydrogen-bond acceptors (Lipinski definition) is 3. The van der Waals surface area contributed by atoms with Crippen LogP contribution in [0.1, 0.15) is 19.3 Å². The van der Waals surface area contributed by atoms with E-state index in [1.54, 1.807) is 0 Å². The molecule has 0 radical (unpaired) electrons. The fraction of sp³-hybridized carbons (Fsp3) is 0.500. The summed E-state index contributed by atoms with van der Waals surface area (Å²) in [5.41, 5.74) is 7.59. The Labute approximate surface area is 111 Å². The van der Waals surface area contributed by atoms with Crippen molar-refractivity contribution >= 4 is 39.1 Å². The number of hydrogen-bond donors (Lipinski definition) is 2. The second kappa shape index (κ2) is 7.85. The van der Waals surface area contributed by atoms with E-state index in [1.807, 2.05) is 30.0 Å². The number of rotatable bonds is 7. The second-order valence-electron chi connectivity index (χ2n) is 3.72. The molecule has 0 spiro atoms. The third-order valence-electron chi connectivity index (χ3n) is 2.33. The topological polar surface area (TPSA) is 38.0 Å². The summed E-state index contributed by atoms with van der Waals surface area (Å²) in [6.07, 6.45) is 5.98. The molecule has 0 aliphatic rings. The van der Waals surface area contributed by atoms with E-state index in [4.69, 9.17) is 5.73 Å². The first-order valence-electron chi connectivity index (χ1n) is 5.52. The first-order valence-corrected chi connectivity index (χ1v) is 7.70. The second-order valence-corrected chi connectivity index (χ2v) is 5.56. The van der Waals surface area contributed by atoms with Crippen LogP contribution in [0.15, 0.2) is 22.7 Å². The molecule has 0 aliphatic heterocycles. The van der Waals surface area contributed by atoms with Gasteiger partial charge in [0, 0.05) is 22.4 Å². The van der Waals surface area contributed by atoms with Gasteiger partial charge in [-0.1, -0.05) is 6.42 Å². The lowest BCUT2D eigenvalue weighted by atomic mass is 10.2. The maximum absolute atomic E-state index is 5.68. The van der Waals surface area contributed by atoms with Crippen LogP contribution in [-0.4, -0.2) is 18.6 Å². The van der Waals surface area contributed by atoms with E-state index in [0.29, 0.717) is 0 Å². The molecule has 2 nitrogen and oxygen atoms in total. The molecule has 1 aromatic rings. The zero-order chi connectivity index (χ0) is 11.8. The largest absolute Gasteiger partial charge is 0.399 e. The maximum Gasteiger partial charge on any atom is 0.0486 e. The van der Waals surface area contributed by atoms with Crippen LogP contribution >= 0.6 is 27.7 Å². The van der Waals surface area contributed by atoms with Crippen molar-refractivity contribution in [2.75, 3.05) is 29.6 Å². The number of anilines is 2. The van der Waals surface area contributed by atoms with Crippen molar-refractivity contribution in [3.63, 3.8) is 0 Å².